The summed E-state index contributed by atoms with van der Waals surface area (Å²) < 4.78 is 4.67. The lowest BCUT2D eigenvalue weighted by atomic mass is 9.75. The van der Waals surface area contributed by atoms with Gasteiger partial charge in [0.15, 0.2) is 0 Å². The molecule has 0 radical (unpaired) electrons. The zero-order chi connectivity index (χ0) is 12.2. The van der Waals surface area contributed by atoms with Gasteiger partial charge >= 0.3 is 5.97 Å². The Balaban J connectivity index is 2.33. The van der Waals surface area contributed by atoms with Gasteiger partial charge in [-0.25, -0.2) is 0 Å². The summed E-state index contributed by atoms with van der Waals surface area (Å²) in [7, 11) is 1.44. The lowest BCUT2D eigenvalue weighted by molar-refractivity contribution is -0.141. The maximum absolute atomic E-state index is 11.1. The normalized spacial score (nSPS) is 26.1. The summed E-state index contributed by atoms with van der Waals surface area (Å²) in [6.07, 6.45) is 5.51. The molecule has 16 heavy (non-hydrogen) atoms. The fourth-order valence-electron chi connectivity index (χ4n) is 2.64. The highest BCUT2D eigenvalue weighted by atomic mass is 16.5. The van der Waals surface area contributed by atoms with Gasteiger partial charge < -0.3 is 10.1 Å². The van der Waals surface area contributed by atoms with Crippen molar-refractivity contribution >= 4 is 5.97 Å². The van der Waals surface area contributed by atoms with Gasteiger partial charge in [-0.15, -0.1) is 0 Å². The van der Waals surface area contributed by atoms with E-state index >= 15 is 0 Å². The number of rotatable bonds is 4. The minimum atomic E-state index is -0.130. The quantitative estimate of drug-likeness (QED) is 0.750. The number of esters is 1. The van der Waals surface area contributed by atoms with Crippen molar-refractivity contribution in [1.29, 1.82) is 0 Å². The van der Waals surface area contributed by atoms with Gasteiger partial charge in [0, 0.05) is 12.1 Å². The monoisotopic (exact) mass is 227 g/mol. The Bertz CT molecular complexity index is 238. The van der Waals surface area contributed by atoms with Crippen LogP contribution < -0.4 is 5.32 Å². The molecule has 0 aromatic rings. The van der Waals surface area contributed by atoms with E-state index in [1.807, 2.05) is 0 Å². The molecule has 0 saturated heterocycles. The first-order valence-electron chi connectivity index (χ1n) is 6.26. The molecular formula is C13H25NO2. The standard InChI is InChI=1S/C13H25NO2/c1-10(8-12(15)16-4)14-11-6-5-7-13(2,3)9-11/h10-11,14H,5-9H2,1-4H3. The summed E-state index contributed by atoms with van der Waals surface area (Å²) in [5.74, 6) is -0.130. The van der Waals surface area contributed by atoms with Crippen LogP contribution in [0, 0.1) is 5.41 Å². The van der Waals surface area contributed by atoms with Crippen molar-refractivity contribution in [3.63, 3.8) is 0 Å². The number of carbonyl (C=O) groups excluding carboxylic acids is 1. The topological polar surface area (TPSA) is 38.3 Å². The summed E-state index contributed by atoms with van der Waals surface area (Å²) in [4.78, 5) is 11.1. The first kappa shape index (κ1) is 13.5. The van der Waals surface area contributed by atoms with Crippen LogP contribution in [0.2, 0.25) is 0 Å². The van der Waals surface area contributed by atoms with E-state index in [9.17, 15) is 4.79 Å². The van der Waals surface area contributed by atoms with Crippen LogP contribution >= 0.6 is 0 Å². The molecule has 1 N–H and O–H groups in total. The van der Waals surface area contributed by atoms with Gasteiger partial charge in [-0.05, 0) is 31.6 Å². The molecule has 1 fully saturated rings. The van der Waals surface area contributed by atoms with Crippen LogP contribution in [0.25, 0.3) is 0 Å². The Labute approximate surface area is 98.9 Å². The molecule has 1 aliphatic rings. The molecule has 0 spiro atoms. The Kier molecular flexibility index (Phi) is 4.78. The third kappa shape index (κ3) is 4.52. The molecule has 0 aliphatic heterocycles. The predicted octanol–water partition coefficient (Wildman–Crippen LogP) is 2.50. The highest BCUT2D eigenvalue weighted by Crippen LogP contribution is 2.35. The van der Waals surface area contributed by atoms with Gasteiger partial charge in [0.05, 0.1) is 13.5 Å². The molecule has 1 rings (SSSR count). The lowest BCUT2D eigenvalue weighted by Gasteiger charge is -2.36. The fourth-order valence-corrected chi connectivity index (χ4v) is 2.64. The van der Waals surface area contributed by atoms with Gasteiger partial charge in [0.25, 0.3) is 0 Å². The van der Waals surface area contributed by atoms with Crippen LogP contribution in [0.15, 0.2) is 0 Å². The van der Waals surface area contributed by atoms with Crippen molar-refractivity contribution in [2.45, 2.75) is 65.0 Å². The molecule has 0 aromatic heterocycles. The smallest absolute Gasteiger partial charge is 0.307 e. The van der Waals surface area contributed by atoms with Gasteiger partial charge in [0.2, 0.25) is 0 Å². The van der Waals surface area contributed by atoms with Gasteiger partial charge in [0.1, 0.15) is 0 Å². The third-order valence-corrected chi connectivity index (χ3v) is 3.43. The zero-order valence-corrected chi connectivity index (χ0v) is 11.0. The molecule has 0 aromatic carbocycles. The molecule has 0 heterocycles. The van der Waals surface area contributed by atoms with E-state index in [1.165, 1.54) is 32.8 Å². The average molecular weight is 227 g/mol. The minimum Gasteiger partial charge on any atom is -0.469 e. The van der Waals surface area contributed by atoms with Crippen molar-refractivity contribution in [3.8, 4) is 0 Å². The van der Waals surface area contributed by atoms with Gasteiger partial charge in [-0.1, -0.05) is 20.3 Å². The summed E-state index contributed by atoms with van der Waals surface area (Å²) in [6, 6.07) is 0.773. The summed E-state index contributed by atoms with van der Waals surface area (Å²) in [6.45, 7) is 6.70. The maximum Gasteiger partial charge on any atom is 0.307 e. The van der Waals surface area contributed by atoms with Crippen molar-refractivity contribution in [2.75, 3.05) is 7.11 Å². The summed E-state index contributed by atoms with van der Waals surface area (Å²) >= 11 is 0. The Morgan fingerprint density at radius 1 is 1.56 bits per heavy atom. The van der Waals surface area contributed by atoms with E-state index < -0.39 is 0 Å². The summed E-state index contributed by atoms with van der Waals surface area (Å²) in [5.41, 5.74) is 0.445. The number of ether oxygens (including phenoxy) is 1. The average Bonchev–Trinajstić information content (AvgIpc) is 2.15. The van der Waals surface area contributed by atoms with Crippen molar-refractivity contribution in [1.82, 2.24) is 5.32 Å². The third-order valence-electron chi connectivity index (χ3n) is 3.43. The summed E-state index contributed by atoms with van der Waals surface area (Å²) in [5, 5.41) is 3.54. The minimum absolute atomic E-state index is 0.130. The van der Waals surface area contributed by atoms with E-state index in [0.29, 0.717) is 17.9 Å². The van der Waals surface area contributed by atoms with Crippen molar-refractivity contribution in [2.24, 2.45) is 5.41 Å². The predicted molar refractivity (Wildman–Crippen MR) is 65.3 cm³/mol. The molecule has 0 amide bonds. The molecule has 3 nitrogen and oxygen atoms in total. The maximum atomic E-state index is 11.1. The second kappa shape index (κ2) is 5.67. The molecule has 1 saturated carbocycles. The van der Waals surface area contributed by atoms with E-state index in [1.54, 1.807) is 0 Å². The van der Waals surface area contributed by atoms with Crippen LogP contribution in [-0.2, 0) is 9.53 Å². The van der Waals surface area contributed by atoms with E-state index in [4.69, 9.17) is 0 Å². The number of nitrogens with one attached hydrogen (secondary N) is 1. The zero-order valence-electron chi connectivity index (χ0n) is 11.0. The van der Waals surface area contributed by atoms with Crippen molar-refractivity contribution < 1.29 is 9.53 Å². The van der Waals surface area contributed by atoms with Crippen LogP contribution in [-0.4, -0.2) is 25.2 Å². The Morgan fingerprint density at radius 3 is 2.81 bits per heavy atom. The largest absolute Gasteiger partial charge is 0.469 e. The Hall–Kier alpha value is -0.570. The van der Waals surface area contributed by atoms with E-state index in [0.717, 1.165) is 0 Å². The highest BCUT2D eigenvalue weighted by molar-refractivity contribution is 5.69. The SMILES string of the molecule is COC(=O)CC(C)NC1CCCC(C)(C)C1. The molecule has 2 atom stereocenters. The second-order valence-electron chi connectivity index (χ2n) is 5.81. The second-order valence-corrected chi connectivity index (χ2v) is 5.81. The van der Waals surface area contributed by atoms with Gasteiger partial charge in [-0.2, -0.15) is 0 Å². The van der Waals surface area contributed by atoms with Crippen LogP contribution in [0.4, 0.5) is 0 Å². The van der Waals surface area contributed by atoms with Gasteiger partial charge in [-0.3, -0.25) is 4.79 Å². The number of carbonyl (C=O) groups is 1. The number of hydrogen-bond acceptors (Lipinski definition) is 3. The van der Waals surface area contributed by atoms with E-state index in [2.05, 4.69) is 30.8 Å². The van der Waals surface area contributed by atoms with Crippen LogP contribution in [0.5, 0.6) is 0 Å². The highest BCUT2D eigenvalue weighted by Gasteiger charge is 2.28. The molecular weight excluding hydrogens is 202 g/mol. The van der Waals surface area contributed by atoms with Crippen LogP contribution in [0.1, 0.15) is 52.9 Å². The lowest BCUT2D eigenvalue weighted by Crippen LogP contribution is -2.42. The number of hydrogen-bond donors (Lipinski definition) is 1. The molecule has 1 aliphatic carbocycles. The molecule has 94 valence electrons. The molecule has 3 heteroatoms. The number of methoxy groups -OCH3 is 1. The van der Waals surface area contributed by atoms with E-state index in [-0.39, 0.29) is 12.0 Å². The molecule has 0 bridgehead atoms. The molecule has 2 unspecified atom stereocenters. The first-order chi connectivity index (χ1) is 7.43. The van der Waals surface area contributed by atoms with Crippen molar-refractivity contribution in [3.05, 3.63) is 0 Å². The van der Waals surface area contributed by atoms with Crippen LogP contribution in [0.3, 0.4) is 0 Å². The first-order valence-corrected chi connectivity index (χ1v) is 6.26. The Morgan fingerprint density at radius 2 is 2.25 bits per heavy atom. The fraction of sp³-hybridized carbons (Fsp3) is 0.923.